The average molecular weight is 567 g/mol. The Morgan fingerprint density at radius 3 is 1.20 bits per heavy atom. The first-order chi connectivity index (χ1) is 18.3. The maximum absolute atomic E-state index is 14.3. The molecule has 1 unspecified atom stereocenters. The zero-order valence-corrected chi connectivity index (χ0v) is 27.7. The Bertz CT molecular complexity index is 1240. The van der Waals surface area contributed by atoms with Crippen LogP contribution in [0.4, 0.5) is 0 Å². The number of phenolic OH excluding ortho intramolecular Hbond substituents is 2. The van der Waals surface area contributed by atoms with Gasteiger partial charge in [-0.25, -0.2) is 0 Å². The summed E-state index contributed by atoms with van der Waals surface area (Å²) >= 11 is 0. The van der Waals surface area contributed by atoms with E-state index in [2.05, 4.69) is 0 Å². The fraction of sp³-hybridized carbons (Fsp3) is 0.600. The van der Waals surface area contributed by atoms with Crippen LogP contribution in [0.3, 0.4) is 0 Å². The normalized spacial score (nSPS) is 14.2. The lowest BCUT2D eigenvalue weighted by Gasteiger charge is -2.34. The van der Waals surface area contributed by atoms with E-state index in [1.165, 1.54) is 0 Å². The second-order valence-corrected chi connectivity index (χ2v) is 15.8. The highest BCUT2D eigenvalue weighted by molar-refractivity contribution is 6.09. The highest BCUT2D eigenvalue weighted by Gasteiger charge is 2.44. The Morgan fingerprint density at radius 1 is 0.634 bits per heavy atom. The lowest BCUT2D eigenvalue weighted by atomic mass is 9.73. The molecule has 0 amide bonds. The number of Topliss-reactive ketones (excluding diaryl/α,β-unsaturated/α-hetero) is 2. The van der Waals surface area contributed by atoms with E-state index in [0.29, 0.717) is 40.7 Å². The predicted octanol–water partition coefficient (Wildman–Crippen LogP) is 7.38. The average Bonchev–Trinajstić information content (AvgIpc) is 2.78. The molecule has 0 heterocycles. The molecule has 228 valence electrons. The van der Waals surface area contributed by atoms with Gasteiger partial charge >= 0.3 is 0 Å². The van der Waals surface area contributed by atoms with Crippen LogP contribution in [0.25, 0.3) is 0 Å². The summed E-state index contributed by atoms with van der Waals surface area (Å²) in [5.74, 6) is -1.56. The second-order valence-electron chi connectivity index (χ2n) is 15.8. The quantitative estimate of drug-likeness (QED) is 0.204. The molecule has 0 aliphatic carbocycles. The molecule has 0 saturated heterocycles. The number of phenols is 2. The van der Waals surface area contributed by atoms with Crippen molar-refractivity contribution < 1.29 is 19.8 Å². The van der Waals surface area contributed by atoms with E-state index < -0.39 is 39.0 Å². The van der Waals surface area contributed by atoms with Gasteiger partial charge in [0.15, 0.2) is 11.6 Å². The van der Waals surface area contributed by atoms with Crippen LogP contribution in [-0.2, 0) is 21.7 Å². The minimum Gasteiger partial charge on any atom is -0.507 e. The van der Waals surface area contributed by atoms with Gasteiger partial charge in [-0.15, -0.1) is 0 Å². The van der Waals surface area contributed by atoms with Gasteiger partial charge in [0.25, 0.3) is 0 Å². The lowest BCUT2D eigenvalue weighted by molar-refractivity contribution is 0.0715. The molecule has 6 nitrogen and oxygen atoms in total. The molecule has 2 rings (SSSR count). The number of aromatic hydroxyl groups is 2. The minimum atomic E-state index is -2.00. The van der Waals surface area contributed by atoms with Gasteiger partial charge in [-0.2, -0.15) is 0 Å². The Labute approximate surface area is 247 Å². The van der Waals surface area contributed by atoms with Crippen LogP contribution in [0.1, 0.15) is 146 Å². The molecule has 6 N–H and O–H groups in total. The molecule has 0 spiro atoms. The van der Waals surface area contributed by atoms with E-state index >= 15 is 0 Å². The van der Waals surface area contributed by atoms with Crippen LogP contribution >= 0.6 is 0 Å². The lowest BCUT2D eigenvalue weighted by Crippen LogP contribution is -2.63. The van der Waals surface area contributed by atoms with E-state index in [9.17, 15) is 19.8 Å². The van der Waals surface area contributed by atoms with Gasteiger partial charge in [-0.3, -0.25) is 9.59 Å². The summed E-state index contributed by atoms with van der Waals surface area (Å²) in [6.45, 7) is 25.6. The Balaban J connectivity index is 2.79. The van der Waals surface area contributed by atoms with Crippen LogP contribution in [0.2, 0.25) is 0 Å². The van der Waals surface area contributed by atoms with Crippen molar-refractivity contribution in [2.45, 2.75) is 130 Å². The predicted molar refractivity (Wildman–Crippen MR) is 169 cm³/mol. The maximum Gasteiger partial charge on any atom is 0.197 e. The molecule has 2 aromatic rings. The van der Waals surface area contributed by atoms with Crippen molar-refractivity contribution in [1.82, 2.24) is 0 Å². The summed E-state index contributed by atoms with van der Waals surface area (Å²) in [5.41, 5.74) is 12.8. The standard InChI is InChI=1S/C35H54N2O4/c1-14-15-22(27(38)20-16-23(31(2,3)4)28(39)24(17-20)32(5,6)7)35(36,37)30(41)21-18-25(33(8,9)10)29(40)26(19-21)34(11,12)13/h16-19,22,39-40H,14-15,36-37H2,1-13H3. The Hall–Kier alpha value is -2.70. The number of nitrogens with two attached hydrogens (primary N) is 2. The van der Waals surface area contributed by atoms with Crippen molar-refractivity contribution in [3.05, 3.63) is 57.6 Å². The van der Waals surface area contributed by atoms with E-state index in [0.717, 1.165) is 0 Å². The molecular formula is C35H54N2O4. The van der Waals surface area contributed by atoms with Crippen LogP contribution < -0.4 is 11.5 Å². The Kier molecular flexibility index (Phi) is 9.41. The molecule has 0 saturated carbocycles. The first-order valence-corrected chi connectivity index (χ1v) is 14.7. The first kappa shape index (κ1) is 34.5. The third-order valence-corrected chi connectivity index (χ3v) is 7.86. The highest BCUT2D eigenvalue weighted by atomic mass is 16.3. The van der Waals surface area contributed by atoms with Crippen LogP contribution in [0.5, 0.6) is 11.5 Å². The highest BCUT2D eigenvalue weighted by Crippen LogP contribution is 2.42. The van der Waals surface area contributed by atoms with Gasteiger partial charge in [0.05, 0.1) is 5.92 Å². The zero-order chi connectivity index (χ0) is 32.1. The smallest absolute Gasteiger partial charge is 0.197 e. The number of hydrogen-bond donors (Lipinski definition) is 4. The number of ketones is 2. The van der Waals surface area contributed by atoms with Crippen LogP contribution in [0, 0.1) is 5.92 Å². The van der Waals surface area contributed by atoms with Gasteiger partial charge < -0.3 is 21.7 Å². The fourth-order valence-electron chi connectivity index (χ4n) is 5.31. The summed E-state index contributed by atoms with van der Waals surface area (Å²) in [6, 6.07) is 6.74. The fourth-order valence-corrected chi connectivity index (χ4v) is 5.31. The van der Waals surface area contributed by atoms with E-state index in [1.54, 1.807) is 24.3 Å². The molecule has 0 bridgehead atoms. The van der Waals surface area contributed by atoms with Gasteiger partial charge in [0, 0.05) is 33.4 Å². The van der Waals surface area contributed by atoms with Crippen LogP contribution in [-0.4, -0.2) is 27.4 Å². The van der Waals surface area contributed by atoms with Crippen molar-refractivity contribution in [2.24, 2.45) is 17.4 Å². The summed E-state index contributed by atoms with van der Waals surface area (Å²) in [4.78, 5) is 28.4. The van der Waals surface area contributed by atoms with E-state index in [1.807, 2.05) is 90.0 Å². The third-order valence-electron chi connectivity index (χ3n) is 7.86. The largest absolute Gasteiger partial charge is 0.507 e. The molecule has 0 fully saturated rings. The monoisotopic (exact) mass is 566 g/mol. The summed E-state index contributed by atoms with van der Waals surface area (Å²) in [5, 5.41) is 22.3. The topological polar surface area (TPSA) is 127 Å². The molecule has 0 aliphatic rings. The number of carbonyl (C=O) groups excluding carboxylic acids is 2. The minimum absolute atomic E-state index is 0.149. The zero-order valence-electron chi connectivity index (χ0n) is 27.7. The number of hydrogen-bond acceptors (Lipinski definition) is 6. The van der Waals surface area contributed by atoms with E-state index in [4.69, 9.17) is 11.5 Å². The van der Waals surface area contributed by atoms with Gasteiger partial charge in [0.1, 0.15) is 17.2 Å². The van der Waals surface area contributed by atoms with Crippen molar-refractivity contribution in [3.63, 3.8) is 0 Å². The Morgan fingerprint density at radius 2 is 0.927 bits per heavy atom. The molecule has 0 aliphatic heterocycles. The molecule has 0 aromatic heterocycles. The van der Waals surface area contributed by atoms with Gasteiger partial charge in [-0.1, -0.05) is 96.4 Å². The number of benzene rings is 2. The second kappa shape index (κ2) is 11.2. The summed E-state index contributed by atoms with van der Waals surface area (Å²) in [7, 11) is 0. The van der Waals surface area contributed by atoms with Gasteiger partial charge in [-0.05, 0) is 52.3 Å². The van der Waals surface area contributed by atoms with Crippen molar-refractivity contribution in [1.29, 1.82) is 0 Å². The van der Waals surface area contributed by atoms with Gasteiger partial charge in [0.2, 0.25) is 0 Å². The molecule has 0 radical (unpaired) electrons. The number of rotatable bonds is 7. The SMILES string of the molecule is CCCC(C(=O)c1cc(C(C)(C)C)c(O)c(C(C)(C)C)c1)C(N)(N)C(=O)c1cc(C(C)(C)C)c(O)c(C(C)(C)C)c1. The first-order valence-electron chi connectivity index (χ1n) is 14.7. The van der Waals surface area contributed by atoms with E-state index in [-0.39, 0.29) is 22.8 Å². The molecular weight excluding hydrogens is 512 g/mol. The number of carbonyl (C=O) groups is 2. The summed E-state index contributed by atoms with van der Waals surface area (Å²) in [6.07, 6.45) is 0.900. The van der Waals surface area contributed by atoms with Crippen LogP contribution in [0.15, 0.2) is 24.3 Å². The molecule has 2 aromatic carbocycles. The molecule has 6 heteroatoms. The van der Waals surface area contributed by atoms with Crippen molar-refractivity contribution in [3.8, 4) is 11.5 Å². The molecule has 41 heavy (non-hydrogen) atoms. The maximum atomic E-state index is 14.3. The third kappa shape index (κ3) is 7.21. The van der Waals surface area contributed by atoms with Crippen molar-refractivity contribution in [2.75, 3.05) is 0 Å². The summed E-state index contributed by atoms with van der Waals surface area (Å²) < 4.78 is 0. The van der Waals surface area contributed by atoms with Crippen molar-refractivity contribution >= 4 is 11.6 Å². The molecule has 1 atom stereocenters.